The van der Waals surface area contributed by atoms with Gasteiger partial charge in [-0.1, -0.05) is 57.5 Å². The van der Waals surface area contributed by atoms with Crippen molar-refractivity contribution in [3.05, 3.63) is 76.8 Å². The fourth-order valence-electron chi connectivity index (χ4n) is 3.71. The molecule has 0 bridgehead atoms. The molecule has 0 unspecified atom stereocenters. The van der Waals surface area contributed by atoms with E-state index in [-0.39, 0.29) is 11.3 Å². The van der Waals surface area contributed by atoms with Gasteiger partial charge in [0, 0.05) is 5.56 Å². The van der Waals surface area contributed by atoms with Crippen molar-refractivity contribution in [3.63, 3.8) is 0 Å². The molecule has 0 atom stereocenters. The third-order valence-electron chi connectivity index (χ3n) is 5.96. The van der Waals surface area contributed by atoms with Gasteiger partial charge in [0.1, 0.15) is 11.3 Å². The fraction of sp³-hybridized carbons (Fsp3) is 0.310. The maximum Gasteiger partial charge on any atom is 0.268 e. The number of ether oxygens (including phenoxy) is 1. The highest BCUT2D eigenvalue weighted by Gasteiger charge is 2.31. The maximum atomic E-state index is 13.1. The van der Waals surface area contributed by atoms with Crippen LogP contribution in [0.4, 0.5) is 5.69 Å². The van der Waals surface area contributed by atoms with Gasteiger partial charge in [0.25, 0.3) is 5.91 Å². The van der Waals surface area contributed by atoms with Crippen molar-refractivity contribution < 1.29 is 13.9 Å². The van der Waals surface area contributed by atoms with Crippen LogP contribution in [0.1, 0.15) is 52.7 Å². The van der Waals surface area contributed by atoms with E-state index in [1.54, 1.807) is 26.0 Å². The molecule has 0 aliphatic rings. The highest BCUT2D eigenvalue weighted by Crippen LogP contribution is 2.32. The van der Waals surface area contributed by atoms with Crippen molar-refractivity contribution in [2.75, 3.05) is 5.32 Å². The molecular weight excluding hydrogens is 460 g/mol. The highest BCUT2D eigenvalue weighted by molar-refractivity contribution is 6.34. The number of carbonyl (C=O) groups is 1. The lowest BCUT2D eigenvalue weighted by molar-refractivity contribution is -0.128. The second kappa shape index (κ2) is 9.38. The molecule has 6 heteroatoms. The van der Waals surface area contributed by atoms with E-state index in [1.165, 1.54) is 11.1 Å². The smallest absolute Gasteiger partial charge is 0.268 e. The summed E-state index contributed by atoms with van der Waals surface area (Å²) in [7, 11) is 0. The summed E-state index contributed by atoms with van der Waals surface area (Å²) in [6.07, 6.45) is 0.924. The lowest BCUT2D eigenvalue weighted by Crippen LogP contribution is -2.42. The van der Waals surface area contributed by atoms with Crippen LogP contribution in [0.5, 0.6) is 5.75 Å². The van der Waals surface area contributed by atoms with Crippen LogP contribution in [-0.4, -0.2) is 16.5 Å². The number of anilines is 1. The molecule has 0 aliphatic carbocycles. The minimum atomic E-state index is -1.13. The molecule has 0 aliphatic heterocycles. The SMILES string of the molecule is CCc1ccc2oc(-c3ccc(Cl)c(NC(=O)C(C)(C)Oc4ccc(C(C)(C)C)cc4)c3)nc2c1. The number of nitrogens with one attached hydrogen (secondary N) is 1. The summed E-state index contributed by atoms with van der Waals surface area (Å²) in [5.74, 6) is 0.771. The van der Waals surface area contributed by atoms with E-state index in [2.05, 4.69) is 38.0 Å². The number of amides is 1. The molecule has 1 heterocycles. The number of hydrogen-bond acceptors (Lipinski definition) is 4. The number of hydrogen-bond donors (Lipinski definition) is 1. The Kier molecular flexibility index (Phi) is 6.65. The number of oxazole rings is 1. The number of carbonyl (C=O) groups excluding carboxylic acids is 1. The van der Waals surface area contributed by atoms with Crippen LogP contribution < -0.4 is 10.1 Å². The van der Waals surface area contributed by atoms with Gasteiger partial charge in [0.15, 0.2) is 11.2 Å². The van der Waals surface area contributed by atoms with Crippen molar-refractivity contribution in [1.29, 1.82) is 0 Å². The first kappa shape index (κ1) is 24.8. The first-order chi connectivity index (χ1) is 16.5. The van der Waals surface area contributed by atoms with Crippen LogP contribution in [0.2, 0.25) is 5.02 Å². The number of fused-ring (bicyclic) bond motifs is 1. The van der Waals surface area contributed by atoms with Gasteiger partial charge in [-0.2, -0.15) is 0 Å². The maximum absolute atomic E-state index is 13.1. The van der Waals surface area contributed by atoms with Crippen molar-refractivity contribution >= 4 is 34.3 Å². The zero-order chi connectivity index (χ0) is 25.4. The van der Waals surface area contributed by atoms with Crippen LogP contribution in [0, 0.1) is 0 Å². The monoisotopic (exact) mass is 490 g/mol. The van der Waals surface area contributed by atoms with Gasteiger partial charge >= 0.3 is 0 Å². The Morgan fingerprint density at radius 3 is 2.37 bits per heavy atom. The molecule has 0 radical (unpaired) electrons. The average molecular weight is 491 g/mol. The van der Waals surface area contributed by atoms with Crippen LogP contribution in [0.3, 0.4) is 0 Å². The van der Waals surface area contributed by atoms with E-state index in [0.717, 1.165) is 17.5 Å². The predicted octanol–water partition coefficient (Wildman–Crippen LogP) is 7.80. The summed E-state index contributed by atoms with van der Waals surface area (Å²) < 4.78 is 12.0. The Balaban J connectivity index is 1.53. The third kappa shape index (κ3) is 5.51. The zero-order valence-corrected chi connectivity index (χ0v) is 21.8. The molecule has 0 saturated heterocycles. The van der Waals surface area contributed by atoms with Crippen molar-refractivity contribution in [2.45, 2.75) is 59.0 Å². The normalized spacial score (nSPS) is 12.1. The first-order valence-corrected chi connectivity index (χ1v) is 12.1. The molecule has 5 nitrogen and oxygen atoms in total. The lowest BCUT2D eigenvalue weighted by Gasteiger charge is -2.26. The van der Waals surface area contributed by atoms with E-state index in [0.29, 0.717) is 27.9 Å². The number of nitrogens with zero attached hydrogens (tertiary/aromatic N) is 1. The highest BCUT2D eigenvalue weighted by atomic mass is 35.5. The predicted molar refractivity (Wildman–Crippen MR) is 142 cm³/mol. The molecule has 1 aromatic heterocycles. The van der Waals surface area contributed by atoms with Gasteiger partial charge in [-0.15, -0.1) is 0 Å². The van der Waals surface area contributed by atoms with Gasteiger partial charge in [-0.05, 0) is 79.3 Å². The lowest BCUT2D eigenvalue weighted by atomic mass is 9.87. The Labute approximate surface area is 211 Å². The minimum absolute atomic E-state index is 0.0418. The van der Waals surface area contributed by atoms with E-state index in [9.17, 15) is 4.79 Å². The molecule has 0 fully saturated rings. The molecule has 0 spiro atoms. The Hall–Kier alpha value is -3.31. The fourth-order valence-corrected chi connectivity index (χ4v) is 3.87. The van der Waals surface area contributed by atoms with E-state index in [4.69, 9.17) is 20.8 Å². The number of aromatic nitrogens is 1. The molecule has 0 saturated carbocycles. The number of rotatable bonds is 6. The topological polar surface area (TPSA) is 64.4 Å². The number of benzene rings is 3. The van der Waals surface area contributed by atoms with Gasteiger partial charge in [-0.3, -0.25) is 4.79 Å². The van der Waals surface area contributed by atoms with Gasteiger partial charge < -0.3 is 14.5 Å². The molecule has 1 N–H and O–H groups in total. The Morgan fingerprint density at radius 1 is 1.00 bits per heavy atom. The molecule has 35 heavy (non-hydrogen) atoms. The summed E-state index contributed by atoms with van der Waals surface area (Å²) in [6, 6.07) is 19.1. The van der Waals surface area contributed by atoms with E-state index < -0.39 is 5.60 Å². The first-order valence-electron chi connectivity index (χ1n) is 11.8. The molecule has 182 valence electrons. The average Bonchev–Trinajstić information content (AvgIpc) is 3.23. The van der Waals surface area contributed by atoms with Crippen molar-refractivity contribution in [2.24, 2.45) is 0 Å². The van der Waals surface area contributed by atoms with Gasteiger partial charge in [0.2, 0.25) is 5.89 Å². The Bertz CT molecular complexity index is 1370. The standard InChI is InChI=1S/C29H31ClN2O3/c1-7-18-8-15-25-24(16-18)31-26(34-25)19-9-14-22(30)23(17-19)32-27(33)29(5,6)35-21-12-10-20(11-13-21)28(2,3)4/h8-17H,7H2,1-6H3,(H,32,33). The summed E-state index contributed by atoms with van der Waals surface area (Å²) in [5, 5.41) is 3.32. The molecular formula is C29H31ClN2O3. The molecule has 4 aromatic rings. The van der Waals surface area contributed by atoms with E-state index in [1.807, 2.05) is 48.5 Å². The van der Waals surface area contributed by atoms with Crippen molar-refractivity contribution in [3.8, 4) is 17.2 Å². The molecule has 3 aromatic carbocycles. The van der Waals surface area contributed by atoms with Gasteiger partial charge in [-0.25, -0.2) is 4.98 Å². The number of aryl methyl sites for hydroxylation is 1. The number of halogens is 1. The summed E-state index contributed by atoms with van der Waals surface area (Å²) in [5.41, 5.74) is 3.99. The third-order valence-corrected chi connectivity index (χ3v) is 6.29. The molecule has 4 rings (SSSR count). The van der Waals surface area contributed by atoms with Crippen LogP contribution in [0.25, 0.3) is 22.6 Å². The van der Waals surface area contributed by atoms with Crippen molar-refractivity contribution in [1.82, 2.24) is 4.98 Å². The Morgan fingerprint density at radius 2 is 1.71 bits per heavy atom. The van der Waals surface area contributed by atoms with E-state index >= 15 is 0 Å². The van der Waals surface area contributed by atoms with Gasteiger partial charge in [0.05, 0.1) is 10.7 Å². The van der Waals surface area contributed by atoms with Crippen LogP contribution in [0.15, 0.2) is 65.1 Å². The zero-order valence-electron chi connectivity index (χ0n) is 21.0. The second-order valence-electron chi connectivity index (χ2n) is 10.2. The minimum Gasteiger partial charge on any atom is -0.478 e. The summed E-state index contributed by atoms with van der Waals surface area (Å²) >= 11 is 6.41. The second-order valence-corrected chi connectivity index (χ2v) is 10.6. The summed E-state index contributed by atoms with van der Waals surface area (Å²) in [4.78, 5) is 17.8. The molecule has 1 amide bonds. The quantitative estimate of drug-likeness (QED) is 0.299. The van der Waals surface area contributed by atoms with Crippen LogP contribution in [-0.2, 0) is 16.6 Å². The summed E-state index contributed by atoms with van der Waals surface area (Å²) in [6.45, 7) is 12.0. The largest absolute Gasteiger partial charge is 0.478 e. The van der Waals surface area contributed by atoms with Crippen LogP contribution >= 0.6 is 11.6 Å².